The Balaban J connectivity index is 1.47. The number of fused-ring (bicyclic) bond motifs is 1. The van der Waals surface area contributed by atoms with E-state index in [1.54, 1.807) is 0 Å². The Morgan fingerprint density at radius 2 is 1.81 bits per heavy atom. The van der Waals surface area contributed by atoms with Crippen LogP contribution < -0.4 is 19.7 Å². The van der Waals surface area contributed by atoms with Crippen LogP contribution in [0.5, 0.6) is 11.5 Å². The molecular formula is C25H29N3O3. The van der Waals surface area contributed by atoms with E-state index in [-0.39, 0.29) is 12.5 Å². The van der Waals surface area contributed by atoms with Gasteiger partial charge in [-0.25, -0.2) is 4.98 Å². The summed E-state index contributed by atoms with van der Waals surface area (Å²) in [7, 11) is 0. The first-order valence-corrected chi connectivity index (χ1v) is 10.9. The topological polar surface area (TPSA) is 63.7 Å². The molecule has 3 aromatic rings. The van der Waals surface area contributed by atoms with Crippen LogP contribution in [0, 0.1) is 5.92 Å². The average Bonchev–Trinajstić information content (AvgIpc) is 2.79. The van der Waals surface area contributed by atoms with Crippen molar-refractivity contribution in [3.8, 4) is 11.5 Å². The fourth-order valence-corrected chi connectivity index (χ4v) is 3.82. The van der Waals surface area contributed by atoms with Crippen LogP contribution in [0.2, 0.25) is 0 Å². The maximum absolute atomic E-state index is 12.5. The number of rotatable bonds is 7. The van der Waals surface area contributed by atoms with Gasteiger partial charge >= 0.3 is 0 Å². The monoisotopic (exact) mass is 419 g/mol. The van der Waals surface area contributed by atoms with Gasteiger partial charge in [-0.15, -0.1) is 0 Å². The molecule has 0 bridgehead atoms. The molecule has 162 valence electrons. The van der Waals surface area contributed by atoms with Crippen molar-refractivity contribution in [1.82, 2.24) is 4.98 Å². The number of para-hydroxylation sites is 3. The van der Waals surface area contributed by atoms with E-state index in [1.165, 1.54) is 12.8 Å². The van der Waals surface area contributed by atoms with Crippen molar-refractivity contribution in [3.05, 3.63) is 54.6 Å². The fraction of sp³-hybridized carbons (Fsp3) is 0.360. The van der Waals surface area contributed by atoms with Crippen molar-refractivity contribution in [2.45, 2.75) is 26.7 Å². The number of nitrogens with zero attached hydrogens (tertiary/aromatic N) is 2. The standard InChI is InChI=1S/C25H29N3O3/c1-3-30-21-9-5-4-8-20(21)26-24(29)17-31-22-10-6-7-19-11-12-23(27-25(19)22)28-15-13-18(2)14-16-28/h4-12,18H,3,13-17H2,1-2H3,(H,26,29). The Morgan fingerprint density at radius 1 is 1.03 bits per heavy atom. The predicted octanol–water partition coefficient (Wildman–Crippen LogP) is 4.89. The summed E-state index contributed by atoms with van der Waals surface area (Å²) >= 11 is 0. The molecule has 0 unspecified atom stereocenters. The molecular weight excluding hydrogens is 390 g/mol. The first-order valence-electron chi connectivity index (χ1n) is 10.9. The third-order valence-corrected chi connectivity index (χ3v) is 5.60. The number of pyridine rings is 1. The molecule has 1 aromatic heterocycles. The number of anilines is 2. The van der Waals surface area contributed by atoms with Gasteiger partial charge in [-0.2, -0.15) is 0 Å². The van der Waals surface area contributed by atoms with E-state index in [0.717, 1.165) is 35.7 Å². The van der Waals surface area contributed by atoms with Crippen molar-refractivity contribution in [2.75, 3.05) is 36.5 Å². The molecule has 0 aliphatic carbocycles. The van der Waals surface area contributed by atoms with E-state index in [4.69, 9.17) is 14.5 Å². The third kappa shape index (κ3) is 5.08. The predicted molar refractivity (Wildman–Crippen MR) is 124 cm³/mol. The van der Waals surface area contributed by atoms with Crippen LogP contribution in [-0.2, 0) is 4.79 Å². The van der Waals surface area contributed by atoms with Crippen molar-refractivity contribution < 1.29 is 14.3 Å². The maximum Gasteiger partial charge on any atom is 0.262 e. The van der Waals surface area contributed by atoms with E-state index in [9.17, 15) is 4.79 Å². The first-order chi connectivity index (χ1) is 15.1. The number of amides is 1. The molecule has 4 rings (SSSR count). The van der Waals surface area contributed by atoms with Gasteiger partial charge in [0.25, 0.3) is 5.91 Å². The zero-order chi connectivity index (χ0) is 21.6. The Morgan fingerprint density at radius 3 is 2.61 bits per heavy atom. The summed E-state index contributed by atoms with van der Waals surface area (Å²) in [5.41, 5.74) is 1.41. The summed E-state index contributed by atoms with van der Waals surface area (Å²) in [6.07, 6.45) is 2.36. The Labute approximate surface area is 183 Å². The molecule has 6 heteroatoms. The summed E-state index contributed by atoms with van der Waals surface area (Å²) in [5, 5.41) is 3.86. The highest BCUT2D eigenvalue weighted by molar-refractivity contribution is 5.94. The van der Waals surface area contributed by atoms with Crippen LogP contribution in [0.1, 0.15) is 26.7 Å². The zero-order valence-corrected chi connectivity index (χ0v) is 18.1. The van der Waals surface area contributed by atoms with Crippen molar-refractivity contribution >= 4 is 28.3 Å². The lowest BCUT2D eigenvalue weighted by Gasteiger charge is -2.31. The molecule has 0 saturated carbocycles. The SMILES string of the molecule is CCOc1ccccc1NC(=O)COc1cccc2ccc(N3CCC(C)CC3)nc12. The summed E-state index contributed by atoms with van der Waals surface area (Å²) in [6, 6.07) is 17.3. The molecule has 1 N–H and O–H groups in total. The minimum absolute atomic E-state index is 0.104. The molecule has 1 saturated heterocycles. The third-order valence-electron chi connectivity index (χ3n) is 5.60. The lowest BCUT2D eigenvalue weighted by molar-refractivity contribution is -0.118. The quantitative estimate of drug-likeness (QED) is 0.591. The Kier molecular flexibility index (Phi) is 6.55. The van der Waals surface area contributed by atoms with Gasteiger partial charge in [0.05, 0.1) is 12.3 Å². The van der Waals surface area contributed by atoms with Crippen LogP contribution in [0.15, 0.2) is 54.6 Å². The van der Waals surface area contributed by atoms with Gasteiger partial charge < -0.3 is 19.7 Å². The highest BCUT2D eigenvalue weighted by Gasteiger charge is 2.18. The molecule has 1 amide bonds. The van der Waals surface area contributed by atoms with Gasteiger partial charge in [-0.3, -0.25) is 4.79 Å². The van der Waals surface area contributed by atoms with Crippen molar-refractivity contribution in [2.24, 2.45) is 5.92 Å². The van der Waals surface area contributed by atoms with Gasteiger partial charge in [0.15, 0.2) is 6.61 Å². The lowest BCUT2D eigenvalue weighted by Crippen LogP contribution is -2.33. The van der Waals surface area contributed by atoms with Crippen molar-refractivity contribution in [1.29, 1.82) is 0 Å². The molecule has 0 radical (unpaired) electrons. The Hall–Kier alpha value is -3.28. The van der Waals surface area contributed by atoms with Gasteiger partial charge in [0.2, 0.25) is 0 Å². The average molecular weight is 420 g/mol. The van der Waals surface area contributed by atoms with Gasteiger partial charge in [-0.1, -0.05) is 31.2 Å². The number of benzene rings is 2. The number of ether oxygens (including phenoxy) is 2. The zero-order valence-electron chi connectivity index (χ0n) is 18.1. The first kappa shape index (κ1) is 21.0. The largest absolute Gasteiger partial charge is 0.492 e. The summed E-state index contributed by atoms with van der Waals surface area (Å²) in [6.45, 7) is 6.67. The van der Waals surface area contributed by atoms with Crippen LogP contribution in [0.4, 0.5) is 11.5 Å². The van der Waals surface area contributed by atoms with Crippen LogP contribution in [-0.4, -0.2) is 37.2 Å². The minimum Gasteiger partial charge on any atom is -0.492 e. The number of hydrogen-bond acceptors (Lipinski definition) is 5. The number of piperidine rings is 1. The van der Waals surface area contributed by atoms with Crippen LogP contribution >= 0.6 is 0 Å². The molecule has 2 aromatic carbocycles. The van der Waals surface area contributed by atoms with Gasteiger partial charge in [0.1, 0.15) is 22.8 Å². The molecule has 31 heavy (non-hydrogen) atoms. The normalized spacial score (nSPS) is 14.5. The van der Waals surface area contributed by atoms with E-state index in [2.05, 4.69) is 29.3 Å². The second-order valence-corrected chi connectivity index (χ2v) is 7.93. The summed E-state index contributed by atoms with van der Waals surface area (Å²) in [4.78, 5) is 19.7. The van der Waals surface area contributed by atoms with Gasteiger partial charge in [-0.05, 0) is 56.0 Å². The number of carbonyl (C=O) groups excluding carboxylic acids is 1. The summed E-state index contributed by atoms with van der Waals surface area (Å²) < 4.78 is 11.4. The molecule has 1 fully saturated rings. The fourth-order valence-electron chi connectivity index (χ4n) is 3.82. The molecule has 0 spiro atoms. The second kappa shape index (κ2) is 9.69. The maximum atomic E-state index is 12.5. The van der Waals surface area contributed by atoms with E-state index in [0.29, 0.717) is 23.8 Å². The van der Waals surface area contributed by atoms with E-state index in [1.807, 2.05) is 49.4 Å². The smallest absolute Gasteiger partial charge is 0.262 e. The highest BCUT2D eigenvalue weighted by Crippen LogP contribution is 2.29. The van der Waals surface area contributed by atoms with Crippen molar-refractivity contribution in [3.63, 3.8) is 0 Å². The lowest BCUT2D eigenvalue weighted by atomic mass is 9.99. The second-order valence-electron chi connectivity index (χ2n) is 7.93. The number of carbonyl (C=O) groups is 1. The summed E-state index contributed by atoms with van der Waals surface area (Å²) in [5.74, 6) is 2.74. The highest BCUT2D eigenvalue weighted by atomic mass is 16.5. The van der Waals surface area contributed by atoms with E-state index >= 15 is 0 Å². The molecule has 6 nitrogen and oxygen atoms in total. The molecule has 1 aliphatic rings. The number of aromatic nitrogens is 1. The van der Waals surface area contributed by atoms with Crippen LogP contribution in [0.25, 0.3) is 10.9 Å². The number of nitrogens with one attached hydrogen (secondary N) is 1. The molecule has 1 aliphatic heterocycles. The Bertz CT molecular complexity index is 1050. The van der Waals surface area contributed by atoms with Crippen LogP contribution in [0.3, 0.4) is 0 Å². The number of hydrogen-bond donors (Lipinski definition) is 1. The molecule has 0 atom stereocenters. The molecule has 2 heterocycles. The van der Waals surface area contributed by atoms with Gasteiger partial charge in [0, 0.05) is 18.5 Å². The minimum atomic E-state index is -0.245. The van der Waals surface area contributed by atoms with E-state index < -0.39 is 0 Å².